The Morgan fingerprint density at radius 1 is 0.742 bits per heavy atom. The second kappa shape index (κ2) is 22.1. The first kappa shape index (κ1) is 29.9. The van der Waals surface area contributed by atoms with E-state index in [2.05, 4.69) is 6.92 Å². The first-order chi connectivity index (χ1) is 15.0. The Bertz CT molecular complexity index is 428. The summed E-state index contributed by atoms with van der Waals surface area (Å²) in [6.07, 6.45) is 17.0. The van der Waals surface area contributed by atoms with Crippen molar-refractivity contribution in [3.8, 4) is 0 Å². The molecule has 6 nitrogen and oxygen atoms in total. The Kier molecular flexibility index (Phi) is 21.3. The van der Waals surface area contributed by atoms with Gasteiger partial charge >= 0.3 is 11.9 Å². The molecule has 0 aromatic carbocycles. The molecule has 0 aliphatic heterocycles. The van der Waals surface area contributed by atoms with Gasteiger partial charge in [-0.25, -0.2) is 0 Å². The minimum atomic E-state index is -0.776. The van der Waals surface area contributed by atoms with Gasteiger partial charge < -0.3 is 19.5 Å². The number of carbonyl (C=O) groups excluding carboxylic acids is 2. The molecule has 0 fully saturated rings. The topological polar surface area (TPSA) is 76.1 Å². The lowest BCUT2D eigenvalue weighted by molar-refractivity contribution is -0.161. The normalized spacial score (nSPS) is 12.2. The van der Waals surface area contributed by atoms with Crippen molar-refractivity contribution in [1.29, 1.82) is 0 Å². The van der Waals surface area contributed by atoms with Crippen LogP contribution in [0.25, 0.3) is 0 Å². The predicted octanol–water partition coefficient (Wildman–Crippen LogP) is 5.26. The van der Waals surface area contributed by atoms with E-state index in [1.54, 1.807) is 0 Å². The molecule has 31 heavy (non-hydrogen) atoms. The van der Waals surface area contributed by atoms with Crippen molar-refractivity contribution in [1.82, 2.24) is 4.90 Å². The Morgan fingerprint density at radius 2 is 1.23 bits per heavy atom. The molecular weight excluding hydrogens is 394 g/mol. The van der Waals surface area contributed by atoms with Gasteiger partial charge in [0, 0.05) is 12.8 Å². The third-order valence-corrected chi connectivity index (χ3v) is 5.40. The van der Waals surface area contributed by atoms with E-state index in [0.29, 0.717) is 19.3 Å². The summed E-state index contributed by atoms with van der Waals surface area (Å²) in [5, 5.41) is 9.32. The molecule has 1 N–H and O–H groups in total. The lowest BCUT2D eigenvalue weighted by atomic mass is 10.0. The van der Waals surface area contributed by atoms with Crippen LogP contribution in [-0.4, -0.2) is 61.9 Å². The van der Waals surface area contributed by atoms with E-state index in [1.165, 1.54) is 64.2 Å². The fourth-order valence-electron chi connectivity index (χ4n) is 3.45. The molecule has 0 bridgehead atoms. The molecule has 1 atom stereocenters. The highest BCUT2D eigenvalue weighted by Crippen LogP contribution is 2.13. The fourth-order valence-corrected chi connectivity index (χ4v) is 3.45. The molecule has 0 aliphatic rings. The number of aliphatic hydroxyl groups is 1. The van der Waals surface area contributed by atoms with Crippen LogP contribution in [0.4, 0.5) is 0 Å². The average molecular weight is 444 g/mol. The number of aliphatic hydroxyl groups excluding tert-OH is 1. The van der Waals surface area contributed by atoms with Crippen LogP contribution in [0.3, 0.4) is 0 Å². The maximum Gasteiger partial charge on any atom is 0.306 e. The highest BCUT2D eigenvalue weighted by molar-refractivity contribution is 5.70. The maximum atomic E-state index is 11.8. The van der Waals surface area contributed by atoms with Gasteiger partial charge in [0.15, 0.2) is 6.10 Å². The predicted molar refractivity (Wildman–Crippen MR) is 126 cm³/mol. The number of nitrogens with zero attached hydrogens (tertiary/aromatic N) is 1. The van der Waals surface area contributed by atoms with Crippen molar-refractivity contribution in [2.45, 2.75) is 116 Å². The van der Waals surface area contributed by atoms with Crippen molar-refractivity contribution in [3.05, 3.63) is 0 Å². The summed E-state index contributed by atoms with van der Waals surface area (Å²) in [5.41, 5.74) is 0. The first-order valence-corrected chi connectivity index (χ1v) is 12.6. The Labute approximate surface area is 191 Å². The van der Waals surface area contributed by atoms with Crippen LogP contribution in [0.1, 0.15) is 110 Å². The summed E-state index contributed by atoms with van der Waals surface area (Å²) in [4.78, 5) is 25.6. The number of ether oxygens (including phenoxy) is 2. The van der Waals surface area contributed by atoms with Crippen molar-refractivity contribution >= 4 is 11.9 Å². The third kappa shape index (κ3) is 21.9. The SMILES string of the molecule is CCCCCCCCCCCCCCCC(=O)OCC(CO)OC(=O)CCCN(C)C. The van der Waals surface area contributed by atoms with E-state index < -0.39 is 6.10 Å². The van der Waals surface area contributed by atoms with E-state index >= 15 is 0 Å². The molecule has 0 spiro atoms. The van der Waals surface area contributed by atoms with Crippen molar-refractivity contribution in [2.24, 2.45) is 0 Å². The van der Waals surface area contributed by atoms with Gasteiger partial charge in [-0.3, -0.25) is 9.59 Å². The van der Waals surface area contributed by atoms with Crippen LogP contribution in [0, 0.1) is 0 Å². The Morgan fingerprint density at radius 3 is 1.71 bits per heavy atom. The van der Waals surface area contributed by atoms with Gasteiger partial charge in [0.05, 0.1) is 6.61 Å². The number of esters is 2. The molecule has 0 heterocycles. The van der Waals surface area contributed by atoms with Gasteiger partial charge in [-0.1, -0.05) is 84.0 Å². The first-order valence-electron chi connectivity index (χ1n) is 12.6. The Balaban J connectivity index is 3.54. The third-order valence-electron chi connectivity index (χ3n) is 5.40. The summed E-state index contributed by atoms with van der Waals surface area (Å²) in [5.74, 6) is -0.654. The molecule has 0 aromatic heterocycles. The molecule has 6 heteroatoms. The molecule has 0 rings (SSSR count). The summed E-state index contributed by atoms with van der Waals surface area (Å²) < 4.78 is 10.3. The van der Waals surface area contributed by atoms with Gasteiger partial charge in [-0.15, -0.1) is 0 Å². The highest BCUT2D eigenvalue weighted by Gasteiger charge is 2.16. The zero-order valence-electron chi connectivity index (χ0n) is 20.5. The van der Waals surface area contributed by atoms with E-state index in [0.717, 1.165) is 25.8 Å². The fraction of sp³-hybridized carbons (Fsp3) is 0.920. The smallest absolute Gasteiger partial charge is 0.306 e. The van der Waals surface area contributed by atoms with Crippen molar-refractivity contribution in [2.75, 3.05) is 33.9 Å². The molecule has 184 valence electrons. The van der Waals surface area contributed by atoms with E-state index in [-0.39, 0.29) is 25.2 Å². The summed E-state index contributed by atoms with van der Waals surface area (Å²) in [6, 6.07) is 0. The monoisotopic (exact) mass is 443 g/mol. The second-order valence-electron chi connectivity index (χ2n) is 8.88. The van der Waals surface area contributed by atoms with Gasteiger partial charge in [0.25, 0.3) is 0 Å². The highest BCUT2D eigenvalue weighted by atomic mass is 16.6. The molecular formula is C25H49NO5. The molecule has 0 saturated heterocycles. The van der Waals surface area contributed by atoms with Gasteiger partial charge in [-0.05, 0) is 33.5 Å². The van der Waals surface area contributed by atoms with Gasteiger partial charge in [-0.2, -0.15) is 0 Å². The second-order valence-corrected chi connectivity index (χ2v) is 8.88. The van der Waals surface area contributed by atoms with Crippen molar-refractivity contribution < 1.29 is 24.2 Å². The standard InChI is InChI=1S/C25H49NO5/c1-4-5-6-7-8-9-10-11-12-13-14-15-16-18-24(28)30-22-23(21-27)31-25(29)19-17-20-26(2)3/h23,27H,4-22H2,1-3H3. The molecule has 0 saturated carbocycles. The van der Waals surface area contributed by atoms with Crippen LogP contribution in [0.2, 0.25) is 0 Å². The molecule has 0 aliphatic carbocycles. The molecule has 0 amide bonds. The van der Waals surface area contributed by atoms with Crippen LogP contribution in [-0.2, 0) is 19.1 Å². The molecule has 0 radical (unpaired) electrons. The lowest BCUT2D eigenvalue weighted by Gasteiger charge is -2.16. The van der Waals surface area contributed by atoms with E-state index in [4.69, 9.17) is 9.47 Å². The van der Waals surface area contributed by atoms with Crippen LogP contribution in [0.5, 0.6) is 0 Å². The summed E-state index contributed by atoms with van der Waals surface area (Å²) in [7, 11) is 3.89. The molecule has 0 aromatic rings. The summed E-state index contributed by atoms with van der Waals surface area (Å²) in [6.45, 7) is 2.63. The maximum absolute atomic E-state index is 11.8. The summed E-state index contributed by atoms with van der Waals surface area (Å²) >= 11 is 0. The van der Waals surface area contributed by atoms with Gasteiger partial charge in [0.2, 0.25) is 0 Å². The largest absolute Gasteiger partial charge is 0.462 e. The minimum Gasteiger partial charge on any atom is -0.462 e. The van der Waals surface area contributed by atoms with Crippen LogP contribution < -0.4 is 0 Å². The number of carbonyl (C=O) groups is 2. The molecule has 1 unspecified atom stereocenters. The minimum absolute atomic E-state index is 0.0762. The zero-order valence-corrected chi connectivity index (χ0v) is 20.5. The quantitative estimate of drug-likeness (QED) is 0.182. The Hall–Kier alpha value is -1.14. The van der Waals surface area contributed by atoms with Crippen LogP contribution in [0.15, 0.2) is 0 Å². The number of rotatable bonds is 22. The average Bonchev–Trinajstić information content (AvgIpc) is 2.74. The lowest BCUT2D eigenvalue weighted by Crippen LogP contribution is -2.28. The van der Waals surface area contributed by atoms with Crippen LogP contribution >= 0.6 is 0 Å². The zero-order chi connectivity index (χ0) is 23.2. The van der Waals surface area contributed by atoms with Crippen molar-refractivity contribution in [3.63, 3.8) is 0 Å². The van der Waals surface area contributed by atoms with E-state index in [1.807, 2.05) is 19.0 Å². The van der Waals surface area contributed by atoms with Gasteiger partial charge in [0.1, 0.15) is 6.61 Å². The number of unbranched alkanes of at least 4 members (excludes halogenated alkanes) is 12. The van der Waals surface area contributed by atoms with E-state index in [9.17, 15) is 14.7 Å². The number of hydrogen-bond acceptors (Lipinski definition) is 6. The number of hydrogen-bond donors (Lipinski definition) is 1.